The van der Waals surface area contributed by atoms with Gasteiger partial charge in [-0.3, -0.25) is 9.59 Å². The number of carbonyl (C=O) groups excluding carboxylic acids is 3. The van der Waals surface area contributed by atoms with Crippen LogP contribution in [-0.2, 0) is 4.79 Å². The van der Waals surface area contributed by atoms with E-state index in [1.807, 2.05) is 68.1 Å². The number of aryl methyl sites for hydroxylation is 1. The fourth-order valence-electron chi connectivity index (χ4n) is 4.94. The van der Waals surface area contributed by atoms with Crippen molar-refractivity contribution in [2.75, 3.05) is 54.8 Å². The first-order valence-electron chi connectivity index (χ1n) is 13.5. The normalized spacial score (nSPS) is 16.0. The molecule has 198 valence electrons. The summed E-state index contributed by atoms with van der Waals surface area (Å²) in [6.07, 6.45) is 3.74. The highest BCUT2D eigenvalue weighted by Gasteiger charge is 2.27. The second-order valence-electron chi connectivity index (χ2n) is 9.95. The molecule has 2 N–H and O–H groups in total. The standard InChI is InChI=1S/C29H39N5O3/c1-4-32(5-2)28(36)25-20-24(30-27(35)22-10-7-11-22)13-14-26(25)33-15-8-16-34(18-17-33)29(37)31-23-12-6-9-21(3)19-23/h6,9,12-14,19-20,22H,4-5,7-8,10-11,15-18H2,1-3H3,(H,30,35)(H,31,37). The Labute approximate surface area is 220 Å². The van der Waals surface area contributed by atoms with Crippen molar-refractivity contribution < 1.29 is 14.4 Å². The lowest BCUT2D eigenvalue weighted by Gasteiger charge is -2.29. The van der Waals surface area contributed by atoms with E-state index >= 15 is 0 Å². The molecule has 4 rings (SSSR count). The van der Waals surface area contributed by atoms with Gasteiger partial charge in [-0.2, -0.15) is 0 Å². The number of hydrogen-bond donors (Lipinski definition) is 2. The number of hydrogen-bond acceptors (Lipinski definition) is 4. The predicted molar refractivity (Wildman–Crippen MR) is 148 cm³/mol. The molecule has 0 unspecified atom stereocenters. The van der Waals surface area contributed by atoms with E-state index in [4.69, 9.17) is 0 Å². The molecule has 0 spiro atoms. The zero-order valence-corrected chi connectivity index (χ0v) is 22.3. The molecule has 8 nitrogen and oxygen atoms in total. The lowest BCUT2D eigenvalue weighted by atomic mass is 9.85. The van der Waals surface area contributed by atoms with Crippen LogP contribution in [0.1, 0.15) is 55.5 Å². The first-order valence-corrected chi connectivity index (χ1v) is 13.5. The summed E-state index contributed by atoms with van der Waals surface area (Å²) in [7, 11) is 0. The van der Waals surface area contributed by atoms with Crippen molar-refractivity contribution >= 4 is 34.9 Å². The maximum Gasteiger partial charge on any atom is 0.321 e. The van der Waals surface area contributed by atoms with E-state index < -0.39 is 0 Å². The van der Waals surface area contributed by atoms with E-state index in [1.165, 1.54) is 0 Å². The van der Waals surface area contributed by atoms with Crippen molar-refractivity contribution in [1.29, 1.82) is 0 Å². The Morgan fingerprint density at radius 3 is 2.32 bits per heavy atom. The van der Waals surface area contributed by atoms with Crippen molar-refractivity contribution in [3.8, 4) is 0 Å². The zero-order chi connectivity index (χ0) is 26.4. The molecule has 1 aliphatic carbocycles. The number of nitrogens with zero attached hydrogens (tertiary/aromatic N) is 3. The van der Waals surface area contributed by atoms with Crippen LogP contribution in [-0.4, -0.2) is 66.9 Å². The fourth-order valence-corrected chi connectivity index (χ4v) is 4.94. The van der Waals surface area contributed by atoms with Gasteiger partial charge in [-0.1, -0.05) is 18.6 Å². The molecule has 0 atom stereocenters. The SMILES string of the molecule is CCN(CC)C(=O)c1cc(NC(=O)C2CCC2)ccc1N1CCCN(C(=O)Nc2cccc(C)c2)CC1. The molecule has 1 saturated carbocycles. The number of carbonyl (C=O) groups is 3. The molecule has 2 fully saturated rings. The van der Waals surface area contributed by atoms with Gasteiger partial charge in [-0.15, -0.1) is 0 Å². The van der Waals surface area contributed by atoms with E-state index in [-0.39, 0.29) is 23.8 Å². The molecule has 8 heteroatoms. The lowest BCUT2D eigenvalue weighted by Crippen LogP contribution is -2.38. The summed E-state index contributed by atoms with van der Waals surface area (Å²) in [5.74, 6) is 0.0625. The molecule has 1 heterocycles. The minimum atomic E-state index is -0.110. The second kappa shape index (κ2) is 12.1. The molecular formula is C29H39N5O3. The largest absolute Gasteiger partial charge is 0.369 e. The molecule has 2 aromatic carbocycles. The van der Waals surface area contributed by atoms with Crippen LogP contribution in [0.3, 0.4) is 0 Å². The Morgan fingerprint density at radius 1 is 0.892 bits per heavy atom. The third kappa shape index (κ3) is 6.42. The quantitative estimate of drug-likeness (QED) is 0.557. The van der Waals surface area contributed by atoms with Crippen LogP contribution in [0.2, 0.25) is 0 Å². The van der Waals surface area contributed by atoms with Crippen molar-refractivity contribution in [3.05, 3.63) is 53.6 Å². The first kappa shape index (κ1) is 26.5. The Kier molecular flexibility index (Phi) is 8.69. The van der Waals surface area contributed by atoms with Crippen LogP contribution in [0.4, 0.5) is 21.9 Å². The predicted octanol–water partition coefficient (Wildman–Crippen LogP) is 4.96. The van der Waals surface area contributed by atoms with Gasteiger partial charge < -0.3 is 25.3 Å². The second-order valence-corrected chi connectivity index (χ2v) is 9.95. The van der Waals surface area contributed by atoms with E-state index in [2.05, 4.69) is 15.5 Å². The van der Waals surface area contributed by atoms with Crippen LogP contribution in [0.15, 0.2) is 42.5 Å². The maximum absolute atomic E-state index is 13.5. The minimum Gasteiger partial charge on any atom is -0.369 e. The molecule has 4 amide bonds. The van der Waals surface area contributed by atoms with E-state index in [0.717, 1.165) is 49.2 Å². The Bertz CT molecular complexity index is 1130. The number of amides is 4. The Morgan fingerprint density at radius 2 is 1.65 bits per heavy atom. The Balaban J connectivity index is 1.50. The van der Waals surface area contributed by atoms with Crippen LogP contribution >= 0.6 is 0 Å². The van der Waals surface area contributed by atoms with E-state index in [9.17, 15) is 14.4 Å². The van der Waals surface area contributed by atoms with Gasteiger partial charge in [0.2, 0.25) is 5.91 Å². The summed E-state index contributed by atoms with van der Waals surface area (Å²) in [4.78, 5) is 44.8. The van der Waals surface area contributed by atoms with Crippen molar-refractivity contribution in [1.82, 2.24) is 9.80 Å². The van der Waals surface area contributed by atoms with Gasteiger partial charge in [0.15, 0.2) is 0 Å². The third-order valence-corrected chi connectivity index (χ3v) is 7.41. The average molecular weight is 506 g/mol. The van der Waals surface area contributed by atoms with Gasteiger partial charge in [0, 0.05) is 62.2 Å². The van der Waals surface area contributed by atoms with Crippen LogP contribution in [0.5, 0.6) is 0 Å². The zero-order valence-electron chi connectivity index (χ0n) is 22.3. The van der Waals surface area contributed by atoms with Crippen LogP contribution < -0.4 is 15.5 Å². The smallest absolute Gasteiger partial charge is 0.321 e. The van der Waals surface area contributed by atoms with Crippen molar-refractivity contribution in [2.45, 2.75) is 46.5 Å². The van der Waals surface area contributed by atoms with Gasteiger partial charge >= 0.3 is 6.03 Å². The first-order chi connectivity index (χ1) is 17.9. The van der Waals surface area contributed by atoms with Gasteiger partial charge in [-0.25, -0.2) is 4.79 Å². The van der Waals surface area contributed by atoms with Gasteiger partial charge in [0.05, 0.1) is 5.56 Å². The third-order valence-electron chi connectivity index (χ3n) is 7.41. The summed E-state index contributed by atoms with van der Waals surface area (Å²) >= 11 is 0. The molecule has 2 aromatic rings. The number of rotatable bonds is 7. The molecular weight excluding hydrogens is 466 g/mol. The summed E-state index contributed by atoms with van der Waals surface area (Å²) in [5.41, 5.74) is 3.98. The topological polar surface area (TPSA) is 85.0 Å². The summed E-state index contributed by atoms with van der Waals surface area (Å²) in [5, 5.41) is 6.02. The maximum atomic E-state index is 13.5. The molecule has 1 saturated heterocycles. The number of urea groups is 1. The van der Waals surface area contributed by atoms with Crippen LogP contribution in [0.25, 0.3) is 0 Å². The molecule has 1 aliphatic heterocycles. The van der Waals surface area contributed by atoms with Gasteiger partial charge in [0.1, 0.15) is 0 Å². The molecule has 2 aliphatic rings. The molecule has 0 radical (unpaired) electrons. The average Bonchev–Trinajstić information content (AvgIpc) is 3.10. The molecule has 37 heavy (non-hydrogen) atoms. The Hall–Kier alpha value is -3.55. The monoisotopic (exact) mass is 505 g/mol. The number of anilines is 3. The molecule has 0 bridgehead atoms. The lowest BCUT2D eigenvalue weighted by molar-refractivity contribution is -0.122. The van der Waals surface area contributed by atoms with Crippen LogP contribution in [0, 0.1) is 12.8 Å². The highest BCUT2D eigenvalue weighted by molar-refractivity contribution is 6.02. The van der Waals surface area contributed by atoms with E-state index in [1.54, 1.807) is 4.90 Å². The highest BCUT2D eigenvalue weighted by atomic mass is 16.2. The van der Waals surface area contributed by atoms with Gasteiger partial charge in [0.25, 0.3) is 5.91 Å². The van der Waals surface area contributed by atoms with Crippen molar-refractivity contribution in [3.63, 3.8) is 0 Å². The number of nitrogens with one attached hydrogen (secondary N) is 2. The van der Waals surface area contributed by atoms with Crippen molar-refractivity contribution in [2.24, 2.45) is 5.92 Å². The number of benzene rings is 2. The minimum absolute atomic E-state index is 0.0327. The fraction of sp³-hybridized carbons (Fsp3) is 0.483. The summed E-state index contributed by atoms with van der Waals surface area (Å²) < 4.78 is 0. The highest BCUT2D eigenvalue weighted by Crippen LogP contribution is 2.30. The van der Waals surface area contributed by atoms with E-state index in [0.29, 0.717) is 44.0 Å². The van der Waals surface area contributed by atoms with Gasteiger partial charge in [-0.05, 0) is 75.9 Å². The molecule has 0 aromatic heterocycles. The summed E-state index contributed by atoms with van der Waals surface area (Å²) in [6.45, 7) is 9.72. The summed E-state index contributed by atoms with van der Waals surface area (Å²) in [6, 6.07) is 13.3.